The van der Waals surface area contributed by atoms with Gasteiger partial charge >= 0.3 is 0 Å². The number of hydrogen-bond acceptors (Lipinski definition) is 6. The van der Waals surface area contributed by atoms with Crippen LogP contribution in [-0.4, -0.2) is 40.1 Å². The van der Waals surface area contributed by atoms with Gasteiger partial charge in [0.05, 0.1) is 30.7 Å². The molecule has 0 saturated carbocycles. The van der Waals surface area contributed by atoms with E-state index < -0.39 is 5.82 Å². The van der Waals surface area contributed by atoms with E-state index in [2.05, 4.69) is 15.5 Å². The summed E-state index contributed by atoms with van der Waals surface area (Å²) in [6.45, 7) is 2.49. The van der Waals surface area contributed by atoms with E-state index in [1.807, 2.05) is 19.1 Å². The molecule has 0 bridgehead atoms. The number of carbonyl (C=O) groups is 1. The van der Waals surface area contributed by atoms with Crippen LogP contribution in [-0.2, 0) is 4.79 Å². The van der Waals surface area contributed by atoms with Crippen LogP contribution in [0.4, 0.5) is 10.1 Å². The molecule has 1 heterocycles. The summed E-state index contributed by atoms with van der Waals surface area (Å²) in [6.07, 6.45) is 0. The molecule has 3 aromatic carbocycles. The van der Waals surface area contributed by atoms with Crippen LogP contribution in [0.1, 0.15) is 6.92 Å². The Balaban J connectivity index is 1.56. The highest BCUT2D eigenvalue weighted by Crippen LogP contribution is 2.30. The number of aromatic nitrogens is 3. The molecule has 174 valence electrons. The topological polar surface area (TPSA) is 78.3 Å². The van der Waals surface area contributed by atoms with E-state index in [9.17, 15) is 9.18 Å². The van der Waals surface area contributed by atoms with Crippen LogP contribution in [0.5, 0.6) is 11.5 Å². The van der Waals surface area contributed by atoms with E-state index >= 15 is 0 Å². The van der Waals surface area contributed by atoms with Gasteiger partial charge in [-0.05, 0) is 67.6 Å². The molecule has 4 aromatic rings. The van der Waals surface area contributed by atoms with E-state index in [-0.39, 0.29) is 11.7 Å². The maximum absolute atomic E-state index is 14.6. The maximum Gasteiger partial charge on any atom is 0.234 e. The molecule has 0 fully saturated rings. The lowest BCUT2D eigenvalue weighted by atomic mass is 10.2. The van der Waals surface area contributed by atoms with Crippen molar-refractivity contribution in [2.75, 3.05) is 24.8 Å². The second-order valence-electron chi connectivity index (χ2n) is 7.11. The number of methoxy groups -OCH3 is 1. The van der Waals surface area contributed by atoms with Gasteiger partial charge in [-0.1, -0.05) is 23.9 Å². The van der Waals surface area contributed by atoms with Crippen LogP contribution in [0, 0.1) is 5.82 Å². The number of ether oxygens (including phenoxy) is 2. The first-order valence-corrected chi connectivity index (χ1v) is 11.6. The molecule has 0 atom stereocenters. The highest BCUT2D eigenvalue weighted by Gasteiger charge is 2.19. The van der Waals surface area contributed by atoms with Crippen LogP contribution in [0.15, 0.2) is 78.0 Å². The molecule has 1 N–H and O–H groups in total. The average Bonchev–Trinajstić information content (AvgIpc) is 3.28. The van der Waals surface area contributed by atoms with Crippen molar-refractivity contribution in [2.45, 2.75) is 12.1 Å². The number of thioether (sulfide) groups is 1. The number of rotatable bonds is 9. The zero-order valence-corrected chi connectivity index (χ0v) is 19.5. The summed E-state index contributed by atoms with van der Waals surface area (Å²) in [7, 11) is 1.59. The summed E-state index contributed by atoms with van der Waals surface area (Å²) >= 11 is 1.21. The molecule has 0 saturated heterocycles. The monoisotopic (exact) mass is 478 g/mol. The van der Waals surface area contributed by atoms with Crippen molar-refractivity contribution in [3.05, 3.63) is 78.6 Å². The lowest BCUT2D eigenvalue weighted by Crippen LogP contribution is -2.14. The standard InChI is InChI=1S/C25H23FN4O3S/c1-3-33-20-12-8-17(9-13-20)27-23(31)16-34-25-29-28-24(21-6-4-5-7-22(21)26)30(25)18-10-14-19(32-2)15-11-18/h4-15H,3,16H2,1-2H3,(H,27,31). The predicted octanol–water partition coefficient (Wildman–Crippen LogP) is 5.21. The summed E-state index contributed by atoms with van der Waals surface area (Å²) in [5, 5.41) is 11.8. The minimum absolute atomic E-state index is 0.0960. The maximum atomic E-state index is 14.6. The second-order valence-corrected chi connectivity index (χ2v) is 8.06. The molecular weight excluding hydrogens is 455 g/mol. The molecule has 0 unspecified atom stereocenters. The minimum atomic E-state index is -0.408. The van der Waals surface area contributed by atoms with Crippen LogP contribution >= 0.6 is 11.8 Å². The highest BCUT2D eigenvalue weighted by atomic mass is 32.2. The van der Waals surface area contributed by atoms with Gasteiger partial charge < -0.3 is 14.8 Å². The van der Waals surface area contributed by atoms with Gasteiger partial charge in [0, 0.05) is 5.69 Å². The molecule has 4 rings (SSSR count). The number of hydrogen-bond donors (Lipinski definition) is 1. The molecule has 7 nitrogen and oxygen atoms in total. The van der Waals surface area contributed by atoms with E-state index in [1.165, 1.54) is 17.8 Å². The van der Waals surface area contributed by atoms with Gasteiger partial charge in [-0.25, -0.2) is 4.39 Å². The molecule has 34 heavy (non-hydrogen) atoms. The first kappa shape index (κ1) is 23.3. The van der Waals surface area contributed by atoms with E-state index in [0.29, 0.717) is 34.6 Å². The van der Waals surface area contributed by atoms with Crippen molar-refractivity contribution in [3.63, 3.8) is 0 Å². The van der Waals surface area contributed by atoms with Crippen molar-refractivity contribution in [2.24, 2.45) is 0 Å². The van der Waals surface area contributed by atoms with Crippen molar-refractivity contribution in [1.82, 2.24) is 14.8 Å². The lowest BCUT2D eigenvalue weighted by Gasteiger charge is -2.12. The zero-order chi connectivity index (χ0) is 23.9. The third-order valence-corrected chi connectivity index (χ3v) is 5.79. The Morgan fingerprint density at radius 1 is 1.00 bits per heavy atom. The Morgan fingerprint density at radius 3 is 2.38 bits per heavy atom. The number of amides is 1. The van der Waals surface area contributed by atoms with Crippen LogP contribution in [0.25, 0.3) is 17.1 Å². The summed E-state index contributed by atoms with van der Waals surface area (Å²) in [5.41, 5.74) is 1.70. The Bertz CT molecular complexity index is 1260. The van der Waals surface area contributed by atoms with Gasteiger partial charge in [-0.15, -0.1) is 10.2 Å². The largest absolute Gasteiger partial charge is 0.497 e. The van der Waals surface area contributed by atoms with E-state index in [1.54, 1.807) is 66.3 Å². The van der Waals surface area contributed by atoms with Gasteiger partial charge in [-0.2, -0.15) is 0 Å². The first-order valence-electron chi connectivity index (χ1n) is 10.6. The molecule has 1 aromatic heterocycles. The third-order valence-electron chi connectivity index (χ3n) is 4.86. The summed E-state index contributed by atoms with van der Waals surface area (Å²) in [6, 6.07) is 20.8. The van der Waals surface area contributed by atoms with Gasteiger partial charge in [0.2, 0.25) is 5.91 Å². The number of anilines is 1. The number of carbonyl (C=O) groups excluding carboxylic acids is 1. The second kappa shape index (κ2) is 10.8. The summed E-state index contributed by atoms with van der Waals surface area (Å²) < 4.78 is 26.9. The molecule has 1 amide bonds. The Hall–Kier alpha value is -3.85. The van der Waals surface area contributed by atoms with Crippen molar-refractivity contribution < 1.29 is 18.7 Å². The number of halogens is 1. The summed E-state index contributed by atoms with van der Waals surface area (Å²) in [5.74, 6) is 1.26. The van der Waals surface area contributed by atoms with Crippen molar-refractivity contribution >= 4 is 23.4 Å². The quantitative estimate of drug-likeness (QED) is 0.333. The average molecular weight is 479 g/mol. The third kappa shape index (κ3) is 5.37. The van der Waals surface area contributed by atoms with Crippen LogP contribution in [0.3, 0.4) is 0 Å². The number of benzene rings is 3. The minimum Gasteiger partial charge on any atom is -0.497 e. The normalized spacial score (nSPS) is 10.7. The smallest absolute Gasteiger partial charge is 0.234 e. The molecule has 0 radical (unpaired) electrons. The van der Waals surface area contributed by atoms with E-state index in [4.69, 9.17) is 9.47 Å². The number of nitrogens with one attached hydrogen (secondary N) is 1. The van der Waals surface area contributed by atoms with Gasteiger partial charge in [0.1, 0.15) is 17.3 Å². The molecule has 0 spiro atoms. The zero-order valence-electron chi connectivity index (χ0n) is 18.7. The van der Waals surface area contributed by atoms with Crippen molar-refractivity contribution in [3.8, 4) is 28.6 Å². The molecule has 9 heteroatoms. The van der Waals surface area contributed by atoms with Gasteiger partial charge in [-0.3, -0.25) is 9.36 Å². The first-order chi connectivity index (χ1) is 16.6. The van der Waals surface area contributed by atoms with E-state index in [0.717, 1.165) is 11.4 Å². The molecule has 0 aliphatic rings. The Labute approximate surface area is 200 Å². The fraction of sp³-hybridized carbons (Fsp3) is 0.160. The molecule has 0 aliphatic heterocycles. The Kier molecular flexibility index (Phi) is 7.44. The lowest BCUT2D eigenvalue weighted by molar-refractivity contribution is -0.113. The van der Waals surface area contributed by atoms with Gasteiger partial charge in [0.25, 0.3) is 0 Å². The van der Waals surface area contributed by atoms with Crippen LogP contribution < -0.4 is 14.8 Å². The fourth-order valence-corrected chi connectivity index (χ4v) is 4.02. The van der Waals surface area contributed by atoms with Gasteiger partial charge in [0.15, 0.2) is 11.0 Å². The predicted molar refractivity (Wildman–Crippen MR) is 130 cm³/mol. The SMILES string of the molecule is CCOc1ccc(NC(=O)CSc2nnc(-c3ccccc3F)n2-c2ccc(OC)cc2)cc1. The highest BCUT2D eigenvalue weighted by molar-refractivity contribution is 7.99. The number of nitrogens with zero attached hydrogens (tertiary/aromatic N) is 3. The fourth-order valence-electron chi connectivity index (χ4n) is 3.27. The van der Waals surface area contributed by atoms with Crippen molar-refractivity contribution in [1.29, 1.82) is 0 Å². The molecule has 0 aliphatic carbocycles. The Morgan fingerprint density at radius 2 is 1.71 bits per heavy atom. The van der Waals surface area contributed by atoms with Crippen LogP contribution in [0.2, 0.25) is 0 Å². The summed E-state index contributed by atoms with van der Waals surface area (Å²) in [4.78, 5) is 12.6. The molecular formula is C25H23FN4O3S.